The number of furan rings is 1. The fraction of sp³-hybridized carbons (Fsp3) is 0.667. The van der Waals surface area contributed by atoms with Crippen LogP contribution in [0.4, 0.5) is 0 Å². The van der Waals surface area contributed by atoms with Crippen LogP contribution in [-0.4, -0.2) is 44.6 Å². The van der Waals surface area contributed by atoms with Gasteiger partial charge in [-0.15, -0.1) is 0 Å². The molecule has 0 aliphatic carbocycles. The number of hydrogen-bond donors (Lipinski definition) is 2. The van der Waals surface area contributed by atoms with E-state index in [9.17, 15) is 8.42 Å². The van der Waals surface area contributed by atoms with Crippen LogP contribution in [0.2, 0.25) is 0 Å². The van der Waals surface area contributed by atoms with Gasteiger partial charge in [-0.3, -0.25) is 0 Å². The lowest BCUT2D eigenvalue weighted by Crippen LogP contribution is -2.31. The second-order valence-electron chi connectivity index (χ2n) is 4.91. The lowest BCUT2D eigenvalue weighted by molar-refractivity contribution is 0.245. The van der Waals surface area contributed by atoms with Crippen molar-refractivity contribution in [3.8, 4) is 0 Å². The molecule has 6 nitrogen and oxygen atoms in total. The van der Waals surface area contributed by atoms with Crippen molar-refractivity contribution in [2.24, 2.45) is 5.92 Å². The Hall–Kier alpha value is -0.410. The third-order valence-electron chi connectivity index (χ3n) is 3.53. The molecule has 1 aliphatic heterocycles. The zero-order valence-corrected chi connectivity index (χ0v) is 13.7. The fourth-order valence-corrected chi connectivity index (χ4v) is 4.44. The van der Waals surface area contributed by atoms with Gasteiger partial charge in [0.1, 0.15) is 17.3 Å². The second-order valence-corrected chi connectivity index (χ2v) is 7.36. The largest absolute Gasteiger partial charge is 0.450 e. The molecule has 1 atom stereocenters. The number of nitrogens with zero attached hydrogens (tertiary/aromatic N) is 1. The molecule has 2 heterocycles. The van der Waals surface area contributed by atoms with E-state index >= 15 is 0 Å². The van der Waals surface area contributed by atoms with Crippen LogP contribution in [0.5, 0.6) is 0 Å². The molecule has 2 N–H and O–H groups in total. The van der Waals surface area contributed by atoms with E-state index in [4.69, 9.17) is 9.52 Å². The Morgan fingerprint density at radius 2 is 2.35 bits per heavy atom. The molecule has 0 amide bonds. The molecule has 1 unspecified atom stereocenters. The van der Waals surface area contributed by atoms with E-state index < -0.39 is 10.0 Å². The zero-order chi connectivity index (χ0) is 14.8. The van der Waals surface area contributed by atoms with Gasteiger partial charge in [0.25, 0.3) is 0 Å². The molecule has 0 radical (unpaired) electrons. The van der Waals surface area contributed by atoms with Gasteiger partial charge in [-0.2, -0.15) is 0 Å². The average molecular weight is 367 g/mol. The Morgan fingerprint density at radius 1 is 1.60 bits per heavy atom. The number of hydrogen-bond acceptors (Lipinski definition) is 5. The van der Waals surface area contributed by atoms with Crippen molar-refractivity contribution in [1.29, 1.82) is 0 Å². The van der Waals surface area contributed by atoms with Crippen LogP contribution < -0.4 is 4.72 Å². The maximum atomic E-state index is 12.2. The van der Waals surface area contributed by atoms with Crippen LogP contribution in [0.3, 0.4) is 0 Å². The predicted octanol–water partition coefficient (Wildman–Crippen LogP) is 1.15. The van der Waals surface area contributed by atoms with Gasteiger partial charge in [-0.1, -0.05) is 6.92 Å². The molecule has 8 heteroatoms. The summed E-state index contributed by atoms with van der Waals surface area (Å²) in [5, 5.41) is 8.96. The van der Waals surface area contributed by atoms with E-state index in [0.717, 1.165) is 26.1 Å². The van der Waals surface area contributed by atoms with Crippen LogP contribution in [-0.2, 0) is 16.6 Å². The van der Waals surface area contributed by atoms with Gasteiger partial charge in [-0.25, -0.2) is 13.1 Å². The number of likely N-dealkylation sites (tertiary alicyclic amines) is 1. The normalized spacial score (nSPS) is 20.6. The summed E-state index contributed by atoms with van der Waals surface area (Å²) >= 11 is 3.06. The molecule has 0 bridgehead atoms. The van der Waals surface area contributed by atoms with E-state index in [1.807, 2.05) is 0 Å². The molecule has 20 heavy (non-hydrogen) atoms. The molecule has 1 aliphatic rings. The van der Waals surface area contributed by atoms with Crippen molar-refractivity contribution in [3.63, 3.8) is 0 Å². The highest BCUT2D eigenvalue weighted by Gasteiger charge is 2.26. The Kier molecular flexibility index (Phi) is 5.25. The van der Waals surface area contributed by atoms with Gasteiger partial charge in [0.15, 0.2) is 4.67 Å². The summed E-state index contributed by atoms with van der Waals surface area (Å²) in [4.78, 5) is 2.34. The van der Waals surface area contributed by atoms with Crippen LogP contribution in [0, 0.1) is 5.92 Å². The van der Waals surface area contributed by atoms with Crippen LogP contribution >= 0.6 is 15.9 Å². The molecule has 114 valence electrons. The minimum atomic E-state index is -3.61. The van der Waals surface area contributed by atoms with Crippen LogP contribution in [0.25, 0.3) is 0 Å². The first-order chi connectivity index (χ1) is 9.46. The Morgan fingerprint density at radius 3 is 2.90 bits per heavy atom. The molecule has 1 aromatic heterocycles. The van der Waals surface area contributed by atoms with E-state index in [2.05, 4.69) is 32.5 Å². The molecular formula is C12H19BrN2O4S. The highest BCUT2D eigenvalue weighted by Crippen LogP contribution is 2.26. The molecule has 1 aromatic rings. The van der Waals surface area contributed by atoms with Crippen molar-refractivity contribution < 1.29 is 17.9 Å². The number of aliphatic hydroxyl groups is 1. The predicted molar refractivity (Wildman–Crippen MR) is 77.7 cm³/mol. The zero-order valence-electron chi connectivity index (χ0n) is 11.3. The van der Waals surface area contributed by atoms with E-state index in [0.29, 0.717) is 12.5 Å². The first-order valence-electron chi connectivity index (χ1n) is 6.57. The molecule has 0 saturated carbocycles. The van der Waals surface area contributed by atoms with E-state index in [1.54, 1.807) is 0 Å². The smallest absolute Gasteiger partial charge is 0.244 e. The lowest BCUT2D eigenvalue weighted by Gasteiger charge is -2.13. The van der Waals surface area contributed by atoms with Crippen molar-refractivity contribution in [3.05, 3.63) is 16.5 Å². The maximum absolute atomic E-state index is 12.2. The Bertz CT molecular complexity index is 558. The van der Waals surface area contributed by atoms with Gasteiger partial charge in [-0.05, 0) is 41.4 Å². The first kappa shape index (κ1) is 16.0. The number of sulfonamides is 1. The van der Waals surface area contributed by atoms with Gasteiger partial charge in [0.2, 0.25) is 10.0 Å². The first-order valence-corrected chi connectivity index (χ1v) is 8.85. The third kappa shape index (κ3) is 3.62. The number of halogens is 1. The van der Waals surface area contributed by atoms with Gasteiger partial charge in [0.05, 0.1) is 0 Å². The molecule has 0 spiro atoms. The van der Waals surface area contributed by atoms with Gasteiger partial charge >= 0.3 is 0 Å². The molecular weight excluding hydrogens is 348 g/mol. The minimum Gasteiger partial charge on any atom is -0.450 e. The summed E-state index contributed by atoms with van der Waals surface area (Å²) in [5.41, 5.74) is 0. The van der Waals surface area contributed by atoms with Crippen molar-refractivity contribution in [2.75, 3.05) is 26.2 Å². The standard InChI is InChI=1S/C12H19BrN2O4S/c1-2-15-4-3-9(7-15)6-14-20(17,18)11-5-10(8-16)19-12(11)13/h5,9,14,16H,2-4,6-8H2,1H3. The lowest BCUT2D eigenvalue weighted by atomic mass is 10.1. The number of aliphatic hydroxyl groups excluding tert-OH is 1. The number of nitrogens with one attached hydrogen (secondary N) is 1. The van der Waals surface area contributed by atoms with Crippen LogP contribution in [0.15, 0.2) is 20.0 Å². The fourth-order valence-electron chi connectivity index (χ4n) is 2.33. The number of rotatable bonds is 6. The summed E-state index contributed by atoms with van der Waals surface area (Å²) < 4.78 is 32.2. The molecule has 2 rings (SSSR count). The highest BCUT2D eigenvalue weighted by molar-refractivity contribution is 9.10. The van der Waals surface area contributed by atoms with Gasteiger partial charge in [0, 0.05) is 19.2 Å². The molecule has 1 fully saturated rings. The average Bonchev–Trinajstić information content (AvgIpc) is 3.02. The van der Waals surface area contributed by atoms with Crippen molar-refractivity contribution >= 4 is 26.0 Å². The monoisotopic (exact) mass is 366 g/mol. The Labute approximate surface area is 127 Å². The van der Waals surface area contributed by atoms with E-state index in [-0.39, 0.29) is 21.9 Å². The summed E-state index contributed by atoms with van der Waals surface area (Å²) in [7, 11) is -3.61. The minimum absolute atomic E-state index is 0.0342. The molecule has 0 aromatic carbocycles. The van der Waals surface area contributed by atoms with E-state index in [1.165, 1.54) is 6.07 Å². The summed E-state index contributed by atoms with van der Waals surface area (Å²) in [6.07, 6.45) is 1.00. The summed E-state index contributed by atoms with van der Waals surface area (Å²) in [6.45, 7) is 5.13. The molecule has 1 saturated heterocycles. The SMILES string of the molecule is CCN1CCC(CNS(=O)(=O)c2cc(CO)oc2Br)C1. The van der Waals surface area contributed by atoms with Crippen molar-refractivity contribution in [2.45, 2.75) is 24.8 Å². The maximum Gasteiger partial charge on any atom is 0.244 e. The second kappa shape index (κ2) is 6.57. The summed E-state index contributed by atoms with van der Waals surface area (Å²) in [5.74, 6) is 0.558. The van der Waals surface area contributed by atoms with Gasteiger partial charge < -0.3 is 14.4 Å². The van der Waals surface area contributed by atoms with Crippen molar-refractivity contribution in [1.82, 2.24) is 9.62 Å². The Balaban J connectivity index is 1.99. The quantitative estimate of drug-likeness (QED) is 0.788. The highest BCUT2D eigenvalue weighted by atomic mass is 79.9. The topological polar surface area (TPSA) is 82.8 Å². The van der Waals surface area contributed by atoms with Crippen LogP contribution in [0.1, 0.15) is 19.1 Å². The third-order valence-corrected chi connectivity index (χ3v) is 5.81. The summed E-state index contributed by atoms with van der Waals surface area (Å²) in [6, 6.07) is 1.33.